The van der Waals surface area contributed by atoms with Crippen molar-refractivity contribution < 1.29 is 9.18 Å². The Bertz CT molecular complexity index is 593. The highest BCUT2D eigenvalue weighted by molar-refractivity contribution is 5.96. The van der Waals surface area contributed by atoms with Crippen LogP contribution in [0.15, 0.2) is 42.5 Å². The number of hydrogen-bond acceptors (Lipinski definition) is 3. The summed E-state index contributed by atoms with van der Waals surface area (Å²) in [6.07, 6.45) is 0. The highest BCUT2D eigenvalue weighted by atomic mass is 19.1. The molecule has 0 heterocycles. The third kappa shape index (κ3) is 3.45. The van der Waals surface area contributed by atoms with E-state index in [9.17, 15) is 9.18 Å². The van der Waals surface area contributed by atoms with E-state index in [0.29, 0.717) is 22.5 Å². The molecule has 0 aromatic heterocycles. The number of nitrogens with one attached hydrogen (secondary N) is 1. The Hall–Kier alpha value is -2.56. The largest absolute Gasteiger partial charge is 0.399 e. The fraction of sp³-hybridized carbons (Fsp3) is 0.0714. The van der Waals surface area contributed by atoms with Crippen LogP contribution in [0.3, 0.4) is 0 Å². The molecule has 0 aliphatic rings. The lowest BCUT2D eigenvalue weighted by atomic mass is 10.1. The summed E-state index contributed by atoms with van der Waals surface area (Å²) in [7, 11) is 0. The molecule has 0 fully saturated rings. The molecule has 0 saturated carbocycles. The van der Waals surface area contributed by atoms with Gasteiger partial charge in [-0.25, -0.2) is 4.39 Å². The number of carbonyl (C=O) groups excluding carboxylic acids is 1. The van der Waals surface area contributed by atoms with E-state index in [2.05, 4.69) is 5.32 Å². The molecule has 0 aliphatic carbocycles. The van der Waals surface area contributed by atoms with Crippen molar-refractivity contribution in [2.45, 2.75) is 6.54 Å². The summed E-state index contributed by atoms with van der Waals surface area (Å²) < 4.78 is 13.0. The molecular formula is C14H14FN3O. The third-order valence-corrected chi connectivity index (χ3v) is 2.58. The van der Waals surface area contributed by atoms with Gasteiger partial charge in [0.15, 0.2) is 0 Å². The molecular weight excluding hydrogens is 245 g/mol. The van der Waals surface area contributed by atoms with Gasteiger partial charge in [0.25, 0.3) is 5.91 Å². The standard InChI is InChI=1S/C14H14FN3O/c15-11-3-1-2-9(4-11)8-18-14(19)10-5-12(16)7-13(17)6-10/h1-7H,8,16-17H2,(H,18,19). The van der Waals surface area contributed by atoms with E-state index in [1.165, 1.54) is 24.3 Å². The van der Waals surface area contributed by atoms with Gasteiger partial charge in [0.05, 0.1) is 0 Å². The minimum Gasteiger partial charge on any atom is -0.399 e. The number of halogens is 1. The maximum absolute atomic E-state index is 13.0. The van der Waals surface area contributed by atoms with Crippen LogP contribution in [0, 0.1) is 5.82 Å². The van der Waals surface area contributed by atoms with E-state index in [-0.39, 0.29) is 18.3 Å². The number of benzene rings is 2. The Morgan fingerprint density at radius 2 is 1.79 bits per heavy atom. The number of amides is 1. The van der Waals surface area contributed by atoms with Crippen molar-refractivity contribution >= 4 is 17.3 Å². The van der Waals surface area contributed by atoms with Gasteiger partial charge in [0, 0.05) is 23.5 Å². The van der Waals surface area contributed by atoms with Crippen molar-refractivity contribution in [2.24, 2.45) is 0 Å². The number of rotatable bonds is 3. The van der Waals surface area contributed by atoms with Gasteiger partial charge >= 0.3 is 0 Å². The molecule has 19 heavy (non-hydrogen) atoms. The number of nitrogens with two attached hydrogens (primary N) is 2. The van der Waals surface area contributed by atoms with Crippen LogP contribution in [0.5, 0.6) is 0 Å². The highest BCUT2D eigenvalue weighted by Crippen LogP contribution is 2.13. The zero-order valence-electron chi connectivity index (χ0n) is 10.2. The summed E-state index contributed by atoms with van der Waals surface area (Å²) in [6, 6.07) is 10.7. The maximum Gasteiger partial charge on any atom is 0.251 e. The first-order chi connectivity index (χ1) is 9.04. The molecule has 5 N–H and O–H groups in total. The normalized spacial score (nSPS) is 10.2. The molecule has 5 heteroatoms. The highest BCUT2D eigenvalue weighted by Gasteiger charge is 2.07. The minimum atomic E-state index is -0.333. The lowest BCUT2D eigenvalue weighted by molar-refractivity contribution is 0.0951. The number of hydrogen-bond donors (Lipinski definition) is 3. The van der Waals surface area contributed by atoms with Crippen molar-refractivity contribution in [3.63, 3.8) is 0 Å². The molecule has 0 saturated heterocycles. The van der Waals surface area contributed by atoms with Crippen molar-refractivity contribution in [1.29, 1.82) is 0 Å². The Kier molecular flexibility index (Phi) is 3.66. The second-order valence-electron chi connectivity index (χ2n) is 4.20. The van der Waals surface area contributed by atoms with Gasteiger partial charge in [-0.1, -0.05) is 12.1 Å². The van der Waals surface area contributed by atoms with Crippen LogP contribution in [-0.2, 0) is 6.54 Å². The number of carbonyl (C=O) groups is 1. The summed E-state index contributed by atoms with van der Waals surface area (Å²) >= 11 is 0. The first kappa shape index (κ1) is 12.9. The van der Waals surface area contributed by atoms with Gasteiger partial charge in [-0.3, -0.25) is 4.79 Å². The Balaban J connectivity index is 2.05. The minimum absolute atomic E-state index is 0.241. The third-order valence-electron chi connectivity index (χ3n) is 2.58. The zero-order valence-corrected chi connectivity index (χ0v) is 10.2. The SMILES string of the molecule is Nc1cc(N)cc(C(=O)NCc2cccc(F)c2)c1. The first-order valence-electron chi connectivity index (χ1n) is 5.73. The van der Waals surface area contributed by atoms with Crippen LogP contribution in [0.2, 0.25) is 0 Å². The van der Waals surface area contributed by atoms with Crippen LogP contribution in [0.25, 0.3) is 0 Å². The lowest BCUT2D eigenvalue weighted by Gasteiger charge is -2.07. The summed E-state index contributed by atoms with van der Waals surface area (Å²) in [5.41, 5.74) is 13.2. The topological polar surface area (TPSA) is 81.1 Å². The van der Waals surface area contributed by atoms with E-state index in [4.69, 9.17) is 11.5 Å². The molecule has 2 rings (SSSR count). The monoisotopic (exact) mass is 259 g/mol. The van der Waals surface area contributed by atoms with Gasteiger partial charge in [-0.2, -0.15) is 0 Å². The predicted molar refractivity (Wildman–Crippen MR) is 72.8 cm³/mol. The average molecular weight is 259 g/mol. The Morgan fingerprint density at radius 1 is 1.11 bits per heavy atom. The van der Waals surface area contributed by atoms with Crippen molar-refractivity contribution in [1.82, 2.24) is 5.32 Å². The number of nitrogen functional groups attached to an aromatic ring is 2. The fourth-order valence-electron chi connectivity index (χ4n) is 1.74. The van der Waals surface area contributed by atoms with Gasteiger partial charge in [-0.05, 0) is 35.9 Å². The predicted octanol–water partition coefficient (Wildman–Crippen LogP) is 1.92. The van der Waals surface area contributed by atoms with Gasteiger partial charge in [-0.15, -0.1) is 0 Å². The van der Waals surface area contributed by atoms with Crippen LogP contribution >= 0.6 is 0 Å². The molecule has 0 bridgehead atoms. The first-order valence-corrected chi connectivity index (χ1v) is 5.73. The molecule has 2 aromatic carbocycles. The Morgan fingerprint density at radius 3 is 2.42 bits per heavy atom. The van der Waals surface area contributed by atoms with Gasteiger partial charge in [0.2, 0.25) is 0 Å². The van der Waals surface area contributed by atoms with Crippen LogP contribution < -0.4 is 16.8 Å². The van der Waals surface area contributed by atoms with E-state index in [1.807, 2.05) is 0 Å². The van der Waals surface area contributed by atoms with E-state index in [1.54, 1.807) is 18.2 Å². The van der Waals surface area contributed by atoms with E-state index >= 15 is 0 Å². The molecule has 98 valence electrons. The number of anilines is 2. The molecule has 0 radical (unpaired) electrons. The van der Waals surface area contributed by atoms with Crippen molar-refractivity contribution in [3.8, 4) is 0 Å². The van der Waals surface area contributed by atoms with Gasteiger partial charge in [0.1, 0.15) is 5.82 Å². The lowest BCUT2D eigenvalue weighted by Crippen LogP contribution is -2.23. The second kappa shape index (κ2) is 5.39. The summed E-state index contributed by atoms with van der Waals surface area (Å²) in [4.78, 5) is 11.9. The molecule has 0 aliphatic heterocycles. The van der Waals surface area contributed by atoms with Crippen LogP contribution in [-0.4, -0.2) is 5.91 Å². The average Bonchev–Trinajstić information content (AvgIpc) is 2.35. The molecule has 1 amide bonds. The molecule has 0 atom stereocenters. The zero-order chi connectivity index (χ0) is 13.8. The molecule has 0 spiro atoms. The summed E-state index contributed by atoms with van der Waals surface area (Å²) in [5, 5.41) is 2.68. The van der Waals surface area contributed by atoms with Crippen LogP contribution in [0.4, 0.5) is 15.8 Å². The van der Waals surface area contributed by atoms with E-state index in [0.717, 1.165) is 0 Å². The quantitative estimate of drug-likeness (QED) is 0.736. The van der Waals surface area contributed by atoms with E-state index < -0.39 is 0 Å². The molecule has 2 aromatic rings. The molecule has 4 nitrogen and oxygen atoms in total. The van der Waals surface area contributed by atoms with Crippen molar-refractivity contribution in [2.75, 3.05) is 11.5 Å². The maximum atomic E-state index is 13.0. The van der Waals surface area contributed by atoms with Crippen molar-refractivity contribution in [3.05, 3.63) is 59.4 Å². The van der Waals surface area contributed by atoms with Gasteiger partial charge < -0.3 is 16.8 Å². The smallest absolute Gasteiger partial charge is 0.251 e. The summed E-state index contributed by atoms with van der Waals surface area (Å²) in [5.74, 6) is -0.636. The van der Waals surface area contributed by atoms with Crippen LogP contribution in [0.1, 0.15) is 15.9 Å². The fourth-order valence-corrected chi connectivity index (χ4v) is 1.74. The summed E-state index contributed by atoms with van der Waals surface area (Å²) in [6.45, 7) is 0.241. The molecule has 0 unspecified atom stereocenters. The second-order valence-corrected chi connectivity index (χ2v) is 4.20. The Labute approximate surface area is 110 Å².